The van der Waals surface area contributed by atoms with E-state index in [4.69, 9.17) is 21.9 Å². The average molecular weight is 331 g/mol. The van der Waals surface area contributed by atoms with Crippen LogP contribution in [0.5, 0.6) is 0 Å². The van der Waals surface area contributed by atoms with Crippen LogP contribution >= 0.6 is 27.5 Å². The molecule has 0 aliphatic heterocycles. The Balaban J connectivity index is 2.16. The molecular formula is C12H13BrClN3O. The molecule has 1 heterocycles. The summed E-state index contributed by atoms with van der Waals surface area (Å²) in [5.74, 6) is 1.17. The van der Waals surface area contributed by atoms with E-state index in [1.54, 1.807) is 6.07 Å². The first-order valence-corrected chi connectivity index (χ1v) is 6.77. The van der Waals surface area contributed by atoms with Crippen molar-refractivity contribution < 1.29 is 4.52 Å². The second kappa shape index (κ2) is 5.82. The van der Waals surface area contributed by atoms with Crippen LogP contribution in [0.3, 0.4) is 0 Å². The maximum Gasteiger partial charge on any atom is 0.227 e. The summed E-state index contributed by atoms with van der Waals surface area (Å²) in [5, 5.41) is 4.60. The molecule has 1 unspecified atom stereocenters. The van der Waals surface area contributed by atoms with Gasteiger partial charge in [0.1, 0.15) is 0 Å². The number of aryl methyl sites for hydroxylation is 1. The van der Waals surface area contributed by atoms with Gasteiger partial charge in [-0.3, -0.25) is 0 Å². The molecule has 0 amide bonds. The van der Waals surface area contributed by atoms with Gasteiger partial charge in [0.05, 0.1) is 5.02 Å². The molecule has 96 valence electrons. The van der Waals surface area contributed by atoms with Crippen molar-refractivity contribution in [2.75, 3.05) is 0 Å². The molecule has 0 aliphatic carbocycles. The predicted molar refractivity (Wildman–Crippen MR) is 74.4 cm³/mol. The molecular weight excluding hydrogens is 318 g/mol. The van der Waals surface area contributed by atoms with E-state index >= 15 is 0 Å². The molecule has 0 fully saturated rings. The number of aromatic nitrogens is 2. The number of halogens is 2. The third-order valence-electron chi connectivity index (χ3n) is 2.46. The highest BCUT2D eigenvalue weighted by atomic mass is 79.9. The minimum atomic E-state index is 0.130. The van der Waals surface area contributed by atoms with Crippen LogP contribution in [0, 0.1) is 0 Å². The van der Waals surface area contributed by atoms with Gasteiger partial charge in [0.15, 0.2) is 0 Å². The van der Waals surface area contributed by atoms with Crippen LogP contribution in [-0.4, -0.2) is 16.2 Å². The van der Waals surface area contributed by atoms with Crippen molar-refractivity contribution in [3.63, 3.8) is 0 Å². The highest BCUT2D eigenvalue weighted by molar-refractivity contribution is 9.10. The Morgan fingerprint density at radius 3 is 2.94 bits per heavy atom. The van der Waals surface area contributed by atoms with Gasteiger partial charge in [-0.25, -0.2) is 0 Å². The topological polar surface area (TPSA) is 64.9 Å². The first-order chi connectivity index (χ1) is 8.56. The van der Waals surface area contributed by atoms with Crippen LogP contribution in [0.15, 0.2) is 27.2 Å². The summed E-state index contributed by atoms with van der Waals surface area (Å²) in [7, 11) is 0. The lowest BCUT2D eigenvalue weighted by Crippen LogP contribution is -2.15. The quantitative estimate of drug-likeness (QED) is 0.932. The minimum Gasteiger partial charge on any atom is -0.339 e. The van der Waals surface area contributed by atoms with Crippen molar-refractivity contribution in [2.45, 2.75) is 25.8 Å². The van der Waals surface area contributed by atoms with Crippen molar-refractivity contribution in [1.29, 1.82) is 0 Å². The van der Waals surface area contributed by atoms with E-state index in [1.165, 1.54) is 0 Å². The number of rotatable bonds is 4. The SMILES string of the molecule is CC(N)CCc1nc(-c2ccc(Cl)c(Br)c2)no1. The fraction of sp³-hybridized carbons (Fsp3) is 0.333. The second-order valence-electron chi connectivity index (χ2n) is 4.16. The lowest BCUT2D eigenvalue weighted by atomic mass is 10.2. The number of hydrogen-bond acceptors (Lipinski definition) is 4. The van der Waals surface area contributed by atoms with Crippen molar-refractivity contribution in [1.82, 2.24) is 10.1 Å². The smallest absolute Gasteiger partial charge is 0.227 e. The fourth-order valence-electron chi connectivity index (χ4n) is 1.46. The molecule has 0 saturated carbocycles. The van der Waals surface area contributed by atoms with E-state index in [0.717, 1.165) is 16.5 Å². The zero-order valence-electron chi connectivity index (χ0n) is 9.86. The summed E-state index contributed by atoms with van der Waals surface area (Å²) < 4.78 is 5.98. The molecule has 0 aliphatic rings. The zero-order chi connectivity index (χ0) is 13.1. The van der Waals surface area contributed by atoms with E-state index in [1.807, 2.05) is 19.1 Å². The second-order valence-corrected chi connectivity index (χ2v) is 5.42. The van der Waals surface area contributed by atoms with E-state index < -0.39 is 0 Å². The van der Waals surface area contributed by atoms with Gasteiger partial charge < -0.3 is 10.3 Å². The highest BCUT2D eigenvalue weighted by Gasteiger charge is 2.10. The van der Waals surface area contributed by atoms with E-state index in [2.05, 4.69) is 26.1 Å². The lowest BCUT2D eigenvalue weighted by Gasteiger charge is -1.99. The maximum atomic E-state index is 5.93. The normalized spacial score (nSPS) is 12.7. The number of benzene rings is 1. The van der Waals surface area contributed by atoms with Crippen LogP contribution in [0.25, 0.3) is 11.4 Å². The molecule has 18 heavy (non-hydrogen) atoms. The van der Waals surface area contributed by atoms with Crippen LogP contribution in [0.4, 0.5) is 0 Å². The molecule has 1 atom stereocenters. The Kier molecular flexibility index (Phi) is 4.37. The molecule has 2 rings (SSSR count). The van der Waals surface area contributed by atoms with Gasteiger partial charge in [-0.1, -0.05) is 16.8 Å². The van der Waals surface area contributed by atoms with E-state index in [9.17, 15) is 0 Å². The Labute approximate surface area is 119 Å². The van der Waals surface area contributed by atoms with Gasteiger partial charge in [0.2, 0.25) is 11.7 Å². The Hall–Kier alpha value is -0.910. The van der Waals surface area contributed by atoms with E-state index in [-0.39, 0.29) is 6.04 Å². The first-order valence-electron chi connectivity index (χ1n) is 5.60. The van der Waals surface area contributed by atoms with Crippen molar-refractivity contribution in [3.8, 4) is 11.4 Å². The van der Waals surface area contributed by atoms with Gasteiger partial charge in [0, 0.05) is 22.5 Å². The first kappa shape index (κ1) is 13.5. The molecule has 6 heteroatoms. The van der Waals surface area contributed by atoms with Gasteiger partial charge in [0.25, 0.3) is 0 Å². The zero-order valence-corrected chi connectivity index (χ0v) is 12.2. The van der Waals surface area contributed by atoms with Gasteiger partial charge in [-0.15, -0.1) is 0 Å². The predicted octanol–water partition coefficient (Wildman–Crippen LogP) is 3.43. The monoisotopic (exact) mass is 329 g/mol. The Morgan fingerprint density at radius 1 is 1.50 bits per heavy atom. The molecule has 0 bridgehead atoms. The molecule has 2 aromatic rings. The van der Waals surface area contributed by atoms with Crippen molar-refractivity contribution >= 4 is 27.5 Å². The summed E-state index contributed by atoms with van der Waals surface area (Å²) in [6.45, 7) is 1.95. The van der Waals surface area contributed by atoms with Gasteiger partial charge in [-0.2, -0.15) is 4.98 Å². The summed E-state index contributed by atoms with van der Waals surface area (Å²) in [4.78, 5) is 4.33. The number of hydrogen-bond donors (Lipinski definition) is 1. The molecule has 4 nitrogen and oxygen atoms in total. The third-order valence-corrected chi connectivity index (χ3v) is 3.67. The van der Waals surface area contributed by atoms with Crippen LogP contribution < -0.4 is 5.73 Å². The lowest BCUT2D eigenvalue weighted by molar-refractivity contribution is 0.372. The molecule has 1 aromatic heterocycles. The summed E-state index contributed by atoms with van der Waals surface area (Å²) >= 11 is 9.30. The van der Waals surface area contributed by atoms with Crippen molar-refractivity contribution in [2.24, 2.45) is 5.73 Å². The molecule has 0 radical (unpaired) electrons. The fourth-order valence-corrected chi connectivity index (χ4v) is 1.96. The van der Waals surface area contributed by atoms with Crippen LogP contribution in [-0.2, 0) is 6.42 Å². The molecule has 0 saturated heterocycles. The summed E-state index contributed by atoms with van der Waals surface area (Å²) in [5.41, 5.74) is 6.55. The summed E-state index contributed by atoms with van der Waals surface area (Å²) in [6, 6.07) is 5.64. The van der Waals surface area contributed by atoms with E-state index in [0.29, 0.717) is 23.2 Å². The standard InChI is InChI=1S/C12H13BrClN3O/c1-7(15)2-5-11-16-12(17-18-11)8-3-4-10(14)9(13)6-8/h3-4,6-7H,2,5,15H2,1H3. The largest absolute Gasteiger partial charge is 0.339 e. The molecule has 2 N–H and O–H groups in total. The minimum absolute atomic E-state index is 0.130. The van der Waals surface area contributed by atoms with Gasteiger partial charge in [-0.05, 0) is 47.5 Å². The average Bonchev–Trinajstić information content (AvgIpc) is 2.79. The Bertz CT molecular complexity index is 542. The maximum absolute atomic E-state index is 5.93. The number of nitrogens with zero attached hydrogens (tertiary/aromatic N) is 2. The van der Waals surface area contributed by atoms with Crippen LogP contribution in [0.2, 0.25) is 5.02 Å². The summed E-state index contributed by atoms with van der Waals surface area (Å²) in [6.07, 6.45) is 1.52. The third kappa shape index (κ3) is 3.31. The van der Waals surface area contributed by atoms with Crippen LogP contribution in [0.1, 0.15) is 19.2 Å². The van der Waals surface area contributed by atoms with Gasteiger partial charge >= 0.3 is 0 Å². The molecule has 0 spiro atoms. The Morgan fingerprint density at radius 2 is 2.28 bits per heavy atom. The number of nitrogens with two attached hydrogens (primary N) is 1. The molecule has 1 aromatic carbocycles. The van der Waals surface area contributed by atoms with Crippen molar-refractivity contribution in [3.05, 3.63) is 33.6 Å². The highest BCUT2D eigenvalue weighted by Crippen LogP contribution is 2.27.